The Morgan fingerprint density at radius 1 is 1.82 bits per heavy atom. The highest BCUT2D eigenvalue weighted by Crippen LogP contribution is 2.41. The summed E-state index contributed by atoms with van der Waals surface area (Å²) in [6, 6.07) is 0. The van der Waals surface area contributed by atoms with E-state index in [-0.39, 0.29) is 17.2 Å². The summed E-state index contributed by atoms with van der Waals surface area (Å²) in [6.07, 6.45) is -0.477. The van der Waals surface area contributed by atoms with Gasteiger partial charge in [-0.05, 0) is 6.92 Å². The Bertz CT molecular complexity index is 195. The fourth-order valence-electron chi connectivity index (χ4n) is 1.70. The molecule has 4 heteroatoms. The van der Waals surface area contributed by atoms with Crippen LogP contribution in [-0.2, 0) is 4.79 Å². The molecule has 3 unspecified atom stereocenters. The molecule has 3 nitrogen and oxygen atoms in total. The largest absolute Gasteiger partial charge is 0.392 e. The molecular formula is C7H11NO2S. The van der Waals surface area contributed by atoms with E-state index in [2.05, 4.69) is 0 Å². The monoisotopic (exact) mass is 173 g/mol. The molecule has 0 bridgehead atoms. The Labute approximate surface area is 69.8 Å². The molecule has 0 saturated carbocycles. The zero-order valence-electron chi connectivity index (χ0n) is 6.36. The number of rotatable bonds is 1. The highest BCUT2D eigenvalue weighted by molar-refractivity contribution is 8.00. The molecule has 2 fully saturated rings. The van der Waals surface area contributed by atoms with Crippen LogP contribution in [0.4, 0.5) is 0 Å². The molecule has 11 heavy (non-hydrogen) atoms. The number of nitrogens with zero attached hydrogens (tertiary/aromatic N) is 1. The van der Waals surface area contributed by atoms with E-state index < -0.39 is 6.10 Å². The number of thioether (sulfide) groups is 1. The first kappa shape index (κ1) is 7.43. The van der Waals surface area contributed by atoms with Gasteiger partial charge in [0.1, 0.15) is 0 Å². The maximum Gasteiger partial charge on any atom is 0.232 e. The molecule has 0 radical (unpaired) electrons. The Hall–Kier alpha value is -0.220. The zero-order valence-corrected chi connectivity index (χ0v) is 7.17. The van der Waals surface area contributed by atoms with Gasteiger partial charge >= 0.3 is 0 Å². The average Bonchev–Trinajstić information content (AvgIpc) is 2.30. The molecule has 2 saturated heterocycles. The molecule has 0 aromatic carbocycles. The molecule has 1 amide bonds. The average molecular weight is 173 g/mol. The van der Waals surface area contributed by atoms with Crippen molar-refractivity contribution in [2.24, 2.45) is 5.92 Å². The summed E-state index contributed by atoms with van der Waals surface area (Å²) in [5, 5.41) is 9.51. The first-order valence-corrected chi connectivity index (χ1v) is 4.87. The predicted molar refractivity (Wildman–Crippen MR) is 43.1 cm³/mol. The summed E-state index contributed by atoms with van der Waals surface area (Å²) in [5.74, 6) is 1.04. The first-order valence-electron chi connectivity index (χ1n) is 3.82. The second kappa shape index (κ2) is 2.38. The molecule has 3 atom stereocenters. The minimum atomic E-state index is -0.477. The molecule has 2 rings (SSSR count). The van der Waals surface area contributed by atoms with E-state index >= 15 is 0 Å². The standard InChI is InChI=1S/C7H11NO2S/c1-4(9)5-6(10)8-2-3-11-7(5)8/h4-5,7,9H,2-3H2,1H3. The van der Waals surface area contributed by atoms with Gasteiger partial charge in [-0.25, -0.2) is 0 Å². The van der Waals surface area contributed by atoms with Crippen molar-refractivity contribution < 1.29 is 9.90 Å². The van der Waals surface area contributed by atoms with Crippen LogP contribution in [0.15, 0.2) is 0 Å². The number of aliphatic hydroxyl groups is 1. The minimum absolute atomic E-state index is 0.123. The van der Waals surface area contributed by atoms with Gasteiger partial charge in [-0.2, -0.15) is 0 Å². The molecule has 0 aliphatic carbocycles. The Morgan fingerprint density at radius 2 is 2.55 bits per heavy atom. The molecule has 2 heterocycles. The van der Waals surface area contributed by atoms with Gasteiger partial charge in [0.2, 0.25) is 5.91 Å². The highest BCUT2D eigenvalue weighted by atomic mass is 32.2. The number of carbonyl (C=O) groups excluding carboxylic acids is 1. The Morgan fingerprint density at radius 3 is 3.18 bits per heavy atom. The molecule has 0 aromatic heterocycles. The van der Waals surface area contributed by atoms with Crippen LogP contribution in [-0.4, -0.2) is 39.7 Å². The molecule has 0 aromatic rings. The van der Waals surface area contributed by atoms with Crippen molar-refractivity contribution in [1.29, 1.82) is 0 Å². The van der Waals surface area contributed by atoms with Crippen LogP contribution in [0.1, 0.15) is 6.92 Å². The third kappa shape index (κ3) is 0.891. The van der Waals surface area contributed by atoms with Crippen LogP contribution < -0.4 is 0 Å². The summed E-state index contributed by atoms with van der Waals surface area (Å²) < 4.78 is 0. The van der Waals surface area contributed by atoms with Crippen LogP contribution in [0.25, 0.3) is 0 Å². The van der Waals surface area contributed by atoms with E-state index in [0.717, 1.165) is 12.3 Å². The van der Waals surface area contributed by atoms with Crippen molar-refractivity contribution in [3.63, 3.8) is 0 Å². The van der Waals surface area contributed by atoms with Crippen LogP contribution in [0.3, 0.4) is 0 Å². The normalized spacial score (nSPS) is 38.4. The van der Waals surface area contributed by atoms with Gasteiger partial charge < -0.3 is 10.0 Å². The van der Waals surface area contributed by atoms with Gasteiger partial charge in [-0.3, -0.25) is 4.79 Å². The number of carbonyl (C=O) groups is 1. The quantitative estimate of drug-likeness (QED) is 0.563. The number of amides is 1. The highest BCUT2D eigenvalue weighted by Gasteiger charge is 2.52. The fraction of sp³-hybridized carbons (Fsp3) is 0.857. The van der Waals surface area contributed by atoms with Gasteiger partial charge in [0, 0.05) is 12.3 Å². The summed E-state index contributed by atoms with van der Waals surface area (Å²) in [4.78, 5) is 13.1. The number of fused-ring (bicyclic) bond motifs is 1. The Kier molecular flexibility index (Phi) is 1.61. The van der Waals surface area contributed by atoms with Crippen LogP contribution in [0.5, 0.6) is 0 Å². The van der Waals surface area contributed by atoms with E-state index in [0.29, 0.717) is 0 Å². The first-order chi connectivity index (χ1) is 5.22. The van der Waals surface area contributed by atoms with Gasteiger partial charge in [-0.1, -0.05) is 0 Å². The summed E-state index contributed by atoms with van der Waals surface area (Å²) in [5.41, 5.74) is 0. The van der Waals surface area contributed by atoms with Crippen molar-refractivity contribution in [3.8, 4) is 0 Å². The lowest BCUT2D eigenvalue weighted by molar-refractivity contribution is -0.154. The van der Waals surface area contributed by atoms with Crippen molar-refractivity contribution in [1.82, 2.24) is 4.90 Å². The lowest BCUT2D eigenvalue weighted by Crippen LogP contribution is -2.59. The maximum atomic E-state index is 11.2. The van der Waals surface area contributed by atoms with E-state index in [9.17, 15) is 9.90 Å². The smallest absolute Gasteiger partial charge is 0.232 e. The Balaban J connectivity index is 2.09. The van der Waals surface area contributed by atoms with E-state index in [1.807, 2.05) is 4.90 Å². The van der Waals surface area contributed by atoms with E-state index in [1.165, 1.54) is 0 Å². The predicted octanol–water partition coefficient (Wildman–Crippen LogP) is -0.102. The molecule has 62 valence electrons. The fourth-order valence-corrected chi connectivity index (χ4v) is 3.18. The van der Waals surface area contributed by atoms with Crippen LogP contribution >= 0.6 is 11.8 Å². The SMILES string of the molecule is CC(O)C1C(=O)N2CCSC12. The van der Waals surface area contributed by atoms with Gasteiger partial charge in [0.15, 0.2) is 0 Å². The lowest BCUT2D eigenvalue weighted by Gasteiger charge is -2.43. The third-order valence-electron chi connectivity index (χ3n) is 2.32. The maximum absolute atomic E-state index is 11.2. The van der Waals surface area contributed by atoms with Crippen molar-refractivity contribution in [3.05, 3.63) is 0 Å². The summed E-state index contributed by atoms with van der Waals surface area (Å²) >= 11 is 1.78. The number of hydrogen-bond donors (Lipinski definition) is 1. The van der Waals surface area contributed by atoms with E-state index in [4.69, 9.17) is 0 Å². The van der Waals surface area contributed by atoms with Crippen LogP contribution in [0, 0.1) is 5.92 Å². The second-order valence-corrected chi connectivity index (χ2v) is 4.28. The van der Waals surface area contributed by atoms with Gasteiger partial charge in [-0.15, -0.1) is 11.8 Å². The van der Waals surface area contributed by atoms with Crippen LogP contribution in [0.2, 0.25) is 0 Å². The zero-order chi connectivity index (χ0) is 8.01. The summed E-state index contributed by atoms with van der Waals surface area (Å²) in [7, 11) is 0. The second-order valence-electron chi connectivity index (χ2n) is 3.06. The van der Waals surface area contributed by atoms with Crippen molar-refractivity contribution >= 4 is 17.7 Å². The van der Waals surface area contributed by atoms with Crippen molar-refractivity contribution in [2.45, 2.75) is 18.4 Å². The van der Waals surface area contributed by atoms with Gasteiger partial charge in [0.05, 0.1) is 17.4 Å². The number of β-lactam (4-membered cyclic amide) rings is 1. The number of hydrogen-bond acceptors (Lipinski definition) is 3. The van der Waals surface area contributed by atoms with E-state index in [1.54, 1.807) is 18.7 Å². The number of aliphatic hydroxyl groups excluding tert-OH is 1. The molecule has 2 aliphatic heterocycles. The minimum Gasteiger partial charge on any atom is -0.392 e. The lowest BCUT2D eigenvalue weighted by atomic mass is 9.93. The summed E-state index contributed by atoms with van der Waals surface area (Å²) in [6.45, 7) is 2.57. The topological polar surface area (TPSA) is 40.5 Å². The molecule has 2 aliphatic rings. The third-order valence-corrected chi connectivity index (χ3v) is 3.63. The molecular weight excluding hydrogens is 162 g/mol. The van der Waals surface area contributed by atoms with Crippen molar-refractivity contribution in [2.75, 3.05) is 12.3 Å². The molecule has 0 spiro atoms. The van der Waals surface area contributed by atoms with Gasteiger partial charge in [0.25, 0.3) is 0 Å². The molecule has 1 N–H and O–H groups in total.